The minimum absolute atomic E-state index is 0.171. The minimum Gasteiger partial charge on any atom is -0.549 e. The third-order valence-electron chi connectivity index (χ3n) is 2.37. The fourth-order valence-corrected chi connectivity index (χ4v) is 2.65. The van der Waals surface area contributed by atoms with E-state index in [1.807, 2.05) is 37.3 Å². The highest BCUT2D eigenvalue weighted by atomic mass is 32.2. The number of carboxylic acids is 1. The van der Waals surface area contributed by atoms with Gasteiger partial charge in [0.1, 0.15) is 0 Å². The molecule has 2 atom stereocenters. The molecule has 2 nitrogen and oxygen atoms in total. The second kappa shape index (κ2) is 7.03. The van der Waals surface area contributed by atoms with Crippen LogP contribution in [0.4, 0.5) is 0 Å². The predicted octanol–water partition coefficient (Wildman–Crippen LogP) is 1.95. The molecular weight excluding hydrogens is 232 g/mol. The summed E-state index contributed by atoms with van der Waals surface area (Å²) >= 11 is 1.30. The molecule has 0 aliphatic heterocycles. The Morgan fingerprint density at radius 1 is 1.41 bits per heavy atom. The van der Waals surface area contributed by atoms with Gasteiger partial charge in [-0.3, -0.25) is 0 Å². The fraction of sp³-hybridized carbons (Fsp3) is 0.357. The molecule has 0 saturated carbocycles. The number of hydrogen-bond donors (Lipinski definition) is 0. The van der Waals surface area contributed by atoms with Gasteiger partial charge in [-0.25, -0.2) is 0 Å². The first kappa shape index (κ1) is 13.7. The number of rotatable bonds is 5. The van der Waals surface area contributed by atoms with E-state index in [4.69, 9.17) is 0 Å². The van der Waals surface area contributed by atoms with Gasteiger partial charge in [0.05, 0.1) is 11.2 Å². The summed E-state index contributed by atoms with van der Waals surface area (Å²) in [6.07, 6.45) is 0.708. The van der Waals surface area contributed by atoms with Crippen molar-refractivity contribution in [1.82, 2.24) is 0 Å². The van der Waals surface area contributed by atoms with Crippen molar-refractivity contribution in [3.05, 3.63) is 30.3 Å². The molecule has 17 heavy (non-hydrogen) atoms. The number of thioether (sulfide) groups is 1. The highest BCUT2D eigenvalue weighted by Crippen LogP contribution is 2.29. The Morgan fingerprint density at radius 3 is 2.53 bits per heavy atom. The molecule has 0 aliphatic carbocycles. The van der Waals surface area contributed by atoms with E-state index < -0.39 is 11.2 Å². The van der Waals surface area contributed by atoms with Gasteiger partial charge in [0, 0.05) is 10.8 Å². The Labute approximate surface area is 106 Å². The van der Waals surface area contributed by atoms with Gasteiger partial charge in [-0.05, 0) is 25.5 Å². The van der Waals surface area contributed by atoms with Crippen LogP contribution in [0.2, 0.25) is 0 Å². The lowest BCUT2D eigenvalue weighted by molar-refractivity contribution is -0.305. The van der Waals surface area contributed by atoms with E-state index in [2.05, 4.69) is 11.8 Å². The molecule has 0 spiro atoms. The van der Waals surface area contributed by atoms with Gasteiger partial charge in [-0.15, -0.1) is 17.7 Å². The molecular formula is C14H15O2S-. The number of carboxylic acid groups (broad SMARTS) is 1. The Kier molecular flexibility index (Phi) is 5.65. The molecule has 0 saturated heterocycles. The highest BCUT2D eigenvalue weighted by molar-refractivity contribution is 8.00. The van der Waals surface area contributed by atoms with Crippen molar-refractivity contribution in [1.29, 1.82) is 0 Å². The van der Waals surface area contributed by atoms with Crippen molar-refractivity contribution >= 4 is 17.7 Å². The third kappa shape index (κ3) is 4.16. The van der Waals surface area contributed by atoms with Gasteiger partial charge in [-0.2, -0.15) is 0 Å². The lowest BCUT2D eigenvalue weighted by Gasteiger charge is -2.22. The largest absolute Gasteiger partial charge is 0.549 e. The SMILES string of the molecule is CC#CC(CC)C(Sc1ccccc1)C(=O)[O-]. The second-order valence-electron chi connectivity index (χ2n) is 3.58. The molecule has 0 aromatic heterocycles. The van der Waals surface area contributed by atoms with Gasteiger partial charge in [-0.1, -0.05) is 31.0 Å². The van der Waals surface area contributed by atoms with Gasteiger partial charge < -0.3 is 9.90 Å². The van der Waals surface area contributed by atoms with E-state index in [1.165, 1.54) is 11.8 Å². The van der Waals surface area contributed by atoms with E-state index in [0.717, 1.165) is 4.90 Å². The zero-order valence-corrected chi connectivity index (χ0v) is 10.8. The Morgan fingerprint density at radius 2 is 2.06 bits per heavy atom. The van der Waals surface area contributed by atoms with Crippen molar-refractivity contribution in [3.8, 4) is 11.8 Å². The molecule has 0 radical (unpaired) electrons. The van der Waals surface area contributed by atoms with Gasteiger partial charge in [0.2, 0.25) is 0 Å². The average Bonchev–Trinajstić information content (AvgIpc) is 2.34. The van der Waals surface area contributed by atoms with E-state index in [-0.39, 0.29) is 5.92 Å². The summed E-state index contributed by atoms with van der Waals surface area (Å²) in [7, 11) is 0. The van der Waals surface area contributed by atoms with Crippen molar-refractivity contribution in [2.24, 2.45) is 5.92 Å². The van der Waals surface area contributed by atoms with Crippen molar-refractivity contribution < 1.29 is 9.90 Å². The van der Waals surface area contributed by atoms with Crippen LogP contribution in [0.5, 0.6) is 0 Å². The zero-order valence-electron chi connectivity index (χ0n) is 9.97. The Hall–Kier alpha value is -1.40. The monoisotopic (exact) mass is 247 g/mol. The van der Waals surface area contributed by atoms with Crippen LogP contribution < -0.4 is 5.11 Å². The summed E-state index contributed by atoms with van der Waals surface area (Å²) in [5.74, 6) is 4.51. The summed E-state index contributed by atoms with van der Waals surface area (Å²) in [6, 6.07) is 9.48. The van der Waals surface area contributed by atoms with E-state index in [1.54, 1.807) is 6.92 Å². The van der Waals surface area contributed by atoms with Crippen molar-refractivity contribution in [2.75, 3.05) is 0 Å². The van der Waals surface area contributed by atoms with E-state index in [0.29, 0.717) is 6.42 Å². The number of aliphatic carboxylic acids is 1. The maximum atomic E-state index is 11.2. The molecule has 1 aromatic rings. The van der Waals surface area contributed by atoms with E-state index >= 15 is 0 Å². The molecule has 3 heteroatoms. The number of hydrogen-bond acceptors (Lipinski definition) is 3. The summed E-state index contributed by atoms with van der Waals surface area (Å²) in [5.41, 5.74) is 0. The molecule has 0 fully saturated rings. The zero-order chi connectivity index (χ0) is 12.7. The van der Waals surface area contributed by atoms with Crippen LogP contribution in [0.3, 0.4) is 0 Å². The van der Waals surface area contributed by atoms with E-state index in [9.17, 15) is 9.90 Å². The van der Waals surface area contributed by atoms with Crippen LogP contribution >= 0.6 is 11.8 Å². The maximum absolute atomic E-state index is 11.2. The smallest absolute Gasteiger partial charge is 0.0627 e. The third-order valence-corrected chi connectivity index (χ3v) is 3.69. The van der Waals surface area contributed by atoms with Crippen LogP contribution in [0, 0.1) is 17.8 Å². The molecule has 0 heterocycles. The van der Waals surface area contributed by atoms with Crippen molar-refractivity contribution in [3.63, 3.8) is 0 Å². The maximum Gasteiger partial charge on any atom is 0.0627 e. The lowest BCUT2D eigenvalue weighted by Crippen LogP contribution is -2.38. The summed E-state index contributed by atoms with van der Waals surface area (Å²) in [6.45, 7) is 3.67. The Balaban J connectivity index is 2.85. The van der Waals surface area contributed by atoms with Crippen LogP contribution in [-0.4, -0.2) is 11.2 Å². The first-order chi connectivity index (χ1) is 8.19. The molecule has 0 N–H and O–H groups in total. The fourth-order valence-electron chi connectivity index (χ4n) is 1.52. The van der Waals surface area contributed by atoms with Crippen LogP contribution in [-0.2, 0) is 4.79 Å². The normalized spacial score (nSPS) is 13.3. The number of carbonyl (C=O) groups is 1. The molecule has 2 unspecified atom stereocenters. The van der Waals surface area contributed by atoms with Gasteiger partial charge in [0.15, 0.2) is 0 Å². The van der Waals surface area contributed by atoms with Gasteiger partial charge >= 0.3 is 0 Å². The van der Waals surface area contributed by atoms with Crippen LogP contribution in [0.1, 0.15) is 20.3 Å². The summed E-state index contributed by atoms with van der Waals surface area (Å²) in [4.78, 5) is 12.1. The average molecular weight is 247 g/mol. The summed E-state index contributed by atoms with van der Waals surface area (Å²) < 4.78 is 0. The quantitative estimate of drug-likeness (QED) is 0.590. The summed E-state index contributed by atoms with van der Waals surface area (Å²) in [5, 5.41) is 10.6. The molecule has 0 bridgehead atoms. The number of carbonyl (C=O) groups excluding carboxylic acids is 1. The molecule has 90 valence electrons. The first-order valence-corrected chi connectivity index (χ1v) is 6.41. The topological polar surface area (TPSA) is 40.1 Å². The predicted molar refractivity (Wildman–Crippen MR) is 68.3 cm³/mol. The molecule has 1 aromatic carbocycles. The van der Waals surface area contributed by atoms with Crippen molar-refractivity contribution in [2.45, 2.75) is 30.4 Å². The van der Waals surface area contributed by atoms with Gasteiger partial charge in [0.25, 0.3) is 0 Å². The first-order valence-electron chi connectivity index (χ1n) is 5.53. The van der Waals surface area contributed by atoms with Crippen LogP contribution in [0.15, 0.2) is 35.2 Å². The number of benzene rings is 1. The molecule has 0 amide bonds. The molecule has 1 rings (SSSR count). The minimum atomic E-state index is -1.05. The standard InChI is InChI=1S/C14H16O2S/c1-3-8-11(4-2)13(14(15)16)17-12-9-6-5-7-10-12/h5-7,9-11,13H,4H2,1-2H3,(H,15,16)/p-1. The Bertz CT molecular complexity index is 417. The molecule has 0 aliphatic rings. The highest BCUT2D eigenvalue weighted by Gasteiger charge is 2.20. The lowest BCUT2D eigenvalue weighted by atomic mass is 10.0. The van der Waals surface area contributed by atoms with Crippen LogP contribution in [0.25, 0.3) is 0 Å². The second-order valence-corrected chi connectivity index (χ2v) is 4.79.